The van der Waals surface area contributed by atoms with Gasteiger partial charge in [0.25, 0.3) is 0 Å². The van der Waals surface area contributed by atoms with Gasteiger partial charge >= 0.3 is 11.9 Å². The molecule has 0 saturated carbocycles. The molecule has 0 aliphatic heterocycles. The van der Waals surface area contributed by atoms with Crippen molar-refractivity contribution in [3.63, 3.8) is 0 Å². The number of esters is 1. The molecule has 0 amide bonds. The fourth-order valence-electron chi connectivity index (χ4n) is 0.610. The fraction of sp³-hybridized carbons (Fsp3) is 0.600. The number of rotatable bonds is 5. The van der Waals surface area contributed by atoms with Crippen molar-refractivity contribution in [1.29, 1.82) is 0 Å². The Labute approximate surface area is 103 Å². The molecule has 84 valence electrons. The second-order valence-electron chi connectivity index (χ2n) is 2.58. The Hall–Kier alpha value is -0.697. The number of methoxy groups -OCH3 is 1. The Kier molecular flexibility index (Phi) is 20.8. The molecule has 0 radical (unpaired) electrons. The molecular weight excluding hydrogens is 249 g/mol. The number of carbonyl (C=O) groups is 2. The number of aliphatic carboxylic acids is 1. The summed E-state index contributed by atoms with van der Waals surface area (Å²) < 4.78 is 4.14. The monoisotopic (exact) mass is 266 g/mol. The summed E-state index contributed by atoms with van der Waals surface area (Å²) in [6.07, 6.45) is 4.39. The minimum absolute atomic E-state index is 0. The van der Waals surface area contributed by atoms with E-state index >= 15 is 0 Å². The van der Waals surface area contributed by atoms with E-state index < -0.39 is 11.9 Å². The third-order valence-corrected chi connectivity index (χ3v) is 1.36. The van der Waals surface area contributed by atoms with E-state index in [4.69, 9.17) is 5.11 Å². The van der Waals surface area contributed by atoms with E-state index in [1.807, 2.05) is 0 Å². The molecular formula is C10H18O4Zn. The number of hydrogen-bond acceptors (Lipinski definition) is 3. The van der Waals surface area contributed by atoms with E-state index in [0.717, 1.165) is 25.3 Å². The largest absolute Gasteiger partial charge is 0.481 e. The van der Waals surface area contributed by atoms with Gasteiger partial charge in [0.2, 0.25) is 0 Å². The van der Waals surface area contributed by atoms with Crippen LogP contribution in [0.4, 0.5) is 0 Å². The van der Waals surface area contributed by atoms with Crippen LogP contribution in [0, 0.1) is 0 Å². The zero-order chi connectivity index (χ0) is 11.4. The number of unbranched alkanes of at least 4 members (excludes halogenated alkanes) is 2. The summed E-state index contributed by atoms with van der Waals surface area (Å²) in [5.41, 5.74) is 0. The molecule has 0 aromatic rings. The average Bonchev–Trinajstić information content (AvgIpc) is 2.17. The van der Waals surface area contributed by atoms with E-state index in [0.29, 0.717) is 6.42 Å². The quantitative estimate of drug-likeness (QED) is 0.358. The number of carbonyl (C=O) groups excluding carboxylic acids is 1. The topological polar surface area (TPSA) is 63.6 Å². The second kappa shape index (κ2) is 15.8. The predicted octanol–water partition coefficient (Wildman–Crippen LogP) is 1.99. The van der Waals surface area contributed by atoms with Gasteiger partial charge in [-0.1, -0.05) is 26.3 Å². The summed E-state index contributed by atoms with van der Waals surface area (Å²) in [4.78, 5) is 19.7. The van der Waals surface area contributed by atoms with Gasteiger partial charge in [-0.05, 0) is 6.42 Å². The van der Waals surface area contributed by atoms with Crippen molar-refractivity contribution in [3.05, 3.63) is 12.7 Å². The predicted molar refractivity (Wildman–Crippen MR) is 54.0 cm³/mol. The summed E-state index contributed by atoms with van der Waals surface area (Å²) >= 11 is 0. The Morgan fingerprint density at radius 1 is 1.40 bits per heavy atom. The van der Waals surface area contributed by atoms with Gasteiger partial charge in [0.05, 0.1) is 7.11 Å². The molecule has 0 spiro atoms. The van der Waals surface area contributed by atoms with Gasteiger partial charge in [-0.15, -0.1) is 0 Å². The normalized spacial score (nSPS) is 7.60. The third kappa shape index (κ3) is 24.7. The van der Waals surface area contributed by atoms with Crippen molar-refractivity contribution >= 4 is 11.9 Å². The molecule has 4 nitrogen and oxygen atoms in total. The van der Waals surface area contributed by atoms with Crippen molar-refractivity contribution in [2.75, 3.05) is 7.11 Å². The van der Waals surface area contributed by atoms with E-state index in [1.165, 1.54) is 7.11 Å². The smallest absolute Gasteiger partial charge is 0.329 e. The Morgan fingerprint density at radius 2 is 1.93 bits per heavy atom. The first kappa shape index (κ1) is 19.8. The van der Waals surface area contributed by atoms with E-state index in [-0.39, 0.29) is 19.5 Å². The first-order valence-corrected chi connectivity index (χ1v) is 4.50. The maximum Gasteiger partial charge on any atom is 0.329 e. The summed E-state index contributed by atoms with van der Waals surface area (Å²) in [6, 6.07) is 0. The Balaban J connectivity index is -0.000000187. The van der Waals surface area contributed by atoms with Crippen LogP contribution in [0.2, 0.25) is 0 Å². The van der Waals surface area contributed by atoms with Gasteiger partial charge < -0.3 is 9.84 Å². The SMILES string of the molecule is C=CC(=O)OC.CCCCCC(=O)O.[Zn]. The van der Waals surface area contributed by atoms with Gasteiger partial charge in [-0.25, -0.2) is 4.79 Å². The minimum atomic E-state index is -0.682. The van der Waals surface area contributed by atoms with Crippen LogP contribution in [0.1, 0.15) is 32.6 Å². The third-order valence-electron chi connectivity index (χ3n) is 1.36. The van der Waals surface area contributed by atoms with Gasteiger partial charge in [-0.2, -0.15) is 0 Å². The molecule has 0 rings (SSSR count). The van der Waals surface area contributed by atoms with Crippen molar-refractivity contribution in [3.8, 4) is 0 Å². The van der Waals surface area contributed by atoms with Gasteiger partial charge in [0.1, 0.15) is 0 Å². The van der Waals surface area contributed by atoms with E-state index in [9.17, 15) is 9.59 Å². The van der Waals surface area contributed by atoms with Crippen LogP contribution in [-0.2, 0) is 33.8 Å². The molecule has 0 aliphatic carbocycles. The van der Waals surface area contributed by atoms with E-state index in [2.05, 4.69) is 18.2 Å². The number of carboxylic acids is 1. The average molecular weight is 268 g/mol. The van der Waals surface area contributed by atoms with Gasteiger partial charge in [-0.3, -0.25) is 4.79 Å². The van der Waals surface area contributed by atoms with Crippen LogP contribution in [0.5, 0.6) is 0 Å². The molecule has 0 bridgehead atoms. The molecule has 0 fully saturated rings. The molecule has 15 heavy (non-hydrogen) atoms. The van der Waals surface area contributed by atoms with Crippen molar-refractivity contribution < 1.29 is 38.9 Å². The molecule has 0 aromatic heterocycles. The second-order valence-corrected chi connectivity index (χ2v) is 2.58. The molecule has 0 atom stereocenters. The standard InChI is InChI=1S/C6H12O2.C4H6O2.Zn/c1-2-3-4-5-6(7)8;1-3-4(5)6-2;/h2-5H2,1H3,(H,7,8);3H,1H2,2H3;. The minimum Gasteiger partial charge on any atom is -0.481 e. The maximum atomic E-state index is 9.87. The fourth-order valence-corrected chi connectivity index (χ4v) is 0.610. The van der Waals surface area contributed by atoms with E-state index in [1.54, 1.807) is 0 Å². The summed E-state index contributed by atoms with van der Waals surface area (Å²) in [5.74, 6) is -1.08. The van der Waals surface area contributed by atoms with Crippen LogP contribution >= 0.6 is 0 Å². The van der Waals surface area contributed by atoms with Crippen LogP contribution in [0.25, 0.3) is 0 Å². The summed E-state index contributed by atoms with van der Waals surface area (Å²) in [5, 5.41) is 8.14. The molecule has 5 heteroatoms. The van der Waals surface area contributed by atoms with Crippen LogP contribution in [-0.4, -0.2) is 24.2 Å². The molecule has 0 aromatic carbocycles. The first-order chi connectivity index (χ1) is 6.58. The Bertz CT molecular complexity index is 180. The van der Waals surface area contributed by atoms with Crippen LogP contribution in [0.3, 0.4) is 0 Å². The molecule has 0 aliphatic rings. The van der Waals surface area contributed by atoms with Gasteiger partial charge in [0, 0.05) is 32.0 Å². The van der Waals surface area contributed by atoms with Crippen molar-refractivity contribution in [2.45, 2.75) is 32.6 Å². The number of ether oxygens (including phenoxy) is 1. The van der Waals surface area contributed by atoms with Crippen molar-refractivity contribution in [2.24, 2.45) is 0 Å². The molecule has 1 N–H and O–H groups in total. The number of hydrogen-bond donors (Lipinski definition) is 1. The zero-order valence-corrected chi connectivity index (χ0v) is 12.5. The maximum absolute atomic E-state index is 9.87. The van der Waals surface area contributed by atoms with Crippen LogP contribution in [0.15, 0.2) is 12.7 Å². The first-order valence-electron chi connectivity index (χ1n) is 4.50. The summed E-state index contributed by atoms with van der Waals surface area (Å²) in [7, 11) is 1.31. The van der Waals surface area contributed by atoms with Gasteiger partial charge in [0.15, 0.2) is 0 Å². The molecule has 0 unspecified atom stereocenters. The zero-order valence-electron chi connectivity index (χ0n) is 9.49. The number of carboxylic acid groups (broad SMARTS) is 1. The van der Waals surface area contributed by atoms with Crippen LogP contribution < -0.4 is 0 Å². The Morgan fingerprint density at radius 3 is 2.13 bits per heavy atom. The van der Waals surface area contributed by atoms with Crippen molar-refractivity contribution in [1.82, 2.24) is 0 Å². The summed E-state index contributed by atoms with van der Waals surface area (Å²) in [6.45, 7) is 5.21. The molecule has 0 heterocycles. The molecule has 0 saturated heterocycles.